The highest BCUT2D eigenvalue weighted by molar-refractivity contribution is 7.89. The van der Waals surface area contributed by atoms with Crippen molar-refractivity contribution < 1.29 is 22.7 Å². The number of nitrogens with zero attached hydrogens (tertiary/aromatic N) is 1. The van der Waals surface area contributed by atoms with Crippen LogP contribution in [-0.2, 0) is 19.6 Å². The summed E-state index contributed by atoms with van der Waals surface area (Å²) in [5.41, 5.74) is 0. The van der Waals surface area contributed by atoms with Gasteiger partial charge in [0.1, 0.15) is 5.75 Å². The van der Waals surface area contributed by atoms with Gasteiger partial charge in [0.05, 0.1) is 18.1 Å². The zero-order valence-electron chi connectivity index (χ0n) is 17.6. The number of hydrogen-bond donors (Lipinski definition) is 2. The van der Waals surface area contributed by atoms with E-state index in [0.717, 1.165) is 38.8 Å². The summed E-state index contributed by atoms with van der Waals surface area (Å²) in [5, 5.41) is 3.04. The zero-order valence-corrected chi connectivity index (χ0v) is 18.5. The van der Waals surface area contributed by atoms with Gasteiger partial charge in [-0.05, 0) is 44.0 Å². The van der Waals surface area contributed by atoms with Crippen LogP contribution in [-0.4, -0.2) is 70.8 Å². The van der Waals surface area contributed by atoms with E-state index in [-0.39, 0.29) is 16.8 Å². The molecule has 0 radical (unpaired) electrons. The third-order valence-electron chi connectivity index (χ3n) is 5.59. The number of rotatable bonds is 9. The molecule has 3 rings (SSSR count). The molecule has 0 spiro atoms. The quantitative estimate of drug-likeness (QED) is 0.606. The first-order valence-corrected chi connectivity index (χ1v) is 12.3. The van der Waals surface area contributed by atoms with E-state index >= 15 is 0 Å². The minimum absolute atomic E-state index is 0.136. The Morgan fingerprint density at radius 2 is 1.83 bits per heavy atom. The molecule has 1 saturated heterocycles. The van der Waals surface area contributed by atoms with Gasteiger partial charge in [-0.25, -0.2) is 13.1 Å². The van der Waals surface area contributed by atoms with Crippen LogP contribution in [0.4, 0.5) is 0 Å². The molecule has 1 amide bonds. The lowest BCUT2D eigenvalue weighted by Gasteiger charge is -2.26. The number of carbonyl (C=O) groups is 1. The van der Waals surface area contributed by atoms with Crippen molar-refractivity contribution in [1.29, 1.82) is 0 Å². The van der Waals surface area contributed by atoms with E-state index in [4.69, 9.17) is 9.47 Å². The topological polar surface area (TPSA) is 97.0 Å². The Labute approximate surface area is 179 Å². The highest BCUT2D eigenvalue weighted by Crippen LogP contribution is 2.19. The lowest BCUT2D eigenvalue weighted by atomic mass is 9.95. The Morgan fingerprint density at radius 1 is 1.17 bits per heavy atom. The van der Waals surface area contributed by atoms with Crippen LogP contribution in [0.3, 0.4) is 0 Å². The van der Waals surface area contributed by atoms with Crippen molar-refractivity contribution in [3.05, 3.63) is 24.3 Å². The molecule has 1 aliphatic carbocycles. The van der Waals surface area contributed by atoms with E-state index in [1.807, 2.05) is 0 Å². The molecule has 1 aromatic rings. The van der Waals surface area contributed by atoms with E-state index in [1.165, 1.54) is 18.6 Å². The van der Waals surface area contributed by atoms with Gasteiger partial charge in [0.15, 0.2) is 6.10 Å². The molecule has 30 heavy (non-hydrogen) atoms. The number of carbonyl (C=O) groups excluding carboxylic acids is 1. The van der Waals surface area contributed by atoms with Crippen molar-refractivity contribution in [1.82, 2.24) is 14.9 Å². The van der Waals surface area contributed by atoms with E-state index in [9.17, 15) is 13.2 Å². The van der Waals surface area contributed by atoms with Crippen LogP contribution in [0.2, 0.25) is 0 Å². The molecule has 8 nitrogen and oxygen atoms in total. The second-order valence-corrected chi connectivity index (χ2v) is 9.69. The monoisotopic (exact) mass is 439 g/mol. The Morgan fingerprint density at radius 3 is 2.50 bits per heavy atom. The fourth-order valence-electron chi connectivity index (χ4n) is 3.77. The minimum Gasteiger partial charge on any atom is -0.481 e. The summed E-state index contributed by atoms with van der Waals surface area (Å²) in [6, 6.07) is 6.39. The second-order valence-electron chi connectivity index (χ2n) is 7.93. The number of ether oxygens (including phenoxy) is 2. The molecular weight excluding hydrogens is 406 g/mol. The summed E-state index contributed by atoms with van der Waals surface area (Å²) in [7, 11) is -3.58. The molecule has 1 aliphatic heterocycles. The van der Waals surface area contributed by atoms with Crippen LogP contribution in [0.1, 0.15) is 39.0 Å². The van der Waals surface area contributed by atoms with E-state index < -0.39 is 16.1 Å². The maximum Gasteiger partial charge on any atom is 0.260 e. The van der Waals surface area contributed by atoms with Crippen molar-refractivity contribution in [2.45, 2.75) is 56.1 Å². The number of benzene rings is 1. The number of sulfonamides is 1. The maximum absolute atomic E-state index is 12.5. The molecule has 1 unspecified atom stereocenters. The fraction of sp³-hybridized carbons (Fsp3) is 0.667. The molecule has 2 aliphatic rings. The molecule has 1 atom stereocenters. The van der Waals surface area contributed by atoms with Gasteiger partial charge in [0, 0.05) is 32.2 Å². The van der Waals surface area contributed by atoms with Crippen molar-refractivity contribution in [2.75, 3.05) is 39.4 Å². The third kappa shape index (κ3) is 6.94. The molecule has 0 bridgehead atoms. The number of amides is 1. The summed E-state index contributed by atoms with van der Waals surface area (Å²) in [4.78, 5) is 14.7. The van der Waals surface area contributed by atoms with E-state index in [2.05, 4.69) is 14.9 Å². The van der Waals surface area contributed by atoms with Crippen LogP contribution in [0.25, 0.3) is 0 Å². The van der Waals surface area contributed by atoms with Crippen LogP contribution in [0.5, 0.6) is 5.75 Å². The van der Waals surface area contributed by atoms with Crippen LogP contribution < -0.4 is 14.8 Å². The predicted molar refractivity (Wildman–Crippen MR) is 114 cm³/mol. The van der Waals surface area contributed by atoms with Gasteiger partial charge >= 0.3 is 0 Å². The van der Waals surface area contributed by atoms with Crippen LogP contribution in [0.15, 0.2) is 29.2 Å². The Hall–Kier alpha value is -1.68. The molecule has 168 valence electrons. The molecule has 1 heterocycles. The largest absolute Gasteiger partial charge is 0.481 e. The Kier molecular flexibility index (Phi) is 8.50. The van der Waals surface area contributed by atoms with Crippen LogP contribution >= 0.6 is 0 Å². The van der Waals surface area contributed by atoms with Crippen molar-refractivity contribution >= 4 is 15.9 Å². The Bertz CT molecular complexity index is 772. The smallest absolute Gasteiger partial charge is 0.260 e. The van der Waals surface area contributed by atoms with Gasteiger partial charge < -0.3 is 14.8 Å². The van der Waals surface area contributed by atoms with Crippen molar-refractivity contribution in [2.24, 2.45) is 0 Å². The fourth-order valence-corrected chi connectivity index (χ4v) is 4.79. The minimum atomic E-state index is -3.58. The van der Waals surface area contributed by atoms with Gasteiger partial charge in [-0.15, -0.1) is 0 Å². The molecular formula is C21H33N3O5S. The van der Waals surface area contributed by atoms with E-state index in [0.29, 0.717) is 32.1 Å². The first kappa shape index (κ1) is 23.0. The lowest BCUT2D eigenvalue weighted by molar-refractivity contribution is -0.128. The first-order chi connectivity index (χ1) is 14.4. The lowest BCUT2D eigenvalue weighted by Crippen LogP contribution is -2.43. The summed E-state index contributed by atoms with van der Waals surface area (Å²) < 4.78 is 38.6. The van der Waals surface area contributed by atoms with Gasteiger partial charge in [0.2, 0.25) is 10.0 Å². The molecule has 9 heteroatoms. The maximum atomic E-state index is 12.5. The number of hydrogen-bond acceptors (Lipinski definition) is 6. The van der Waals surface area contributed by atoms with Gasteiger partial charge in [-0.2, -0.15) is 0 Å². The average Bonchev–Trinajstić information content (AvgIpc) is 2.75. The van der Waals surface area contributed by atoms with Gasteiger partial charge in [-0.1, -0.05) is 19.3 Å². The van der Waals surface area contributed by atoms with Gasteiger partial charge in [-0.3, -0.25) is 9.69 Å². The highest BCUT2D eigenvalue weighted by Gasteiger charge is 2.21. The average molecular weight is 440 g/mol. The molecule has 2 fully saturated rings. The van der Waals surface area contributed by atoms with E-state index in [1.54, 1.807) is 19.1 Å². The predicted octanol–water partition coefficient (Wildman–Crippen LogP) is 1.51. The molecule has 2 N–H and O–H groups in total. The summed E-state index contributed by atoms with van der Waals surface area (Å²) >= 11 is 0. The highest BCUT2D eigenvalue weighted by atomic mass is 32.2. The number of nitrogens with one attached hydrogen (secondary N) is 2. The second kappa shape index (κ2) is 11.1. The summed E-state index contributed by atoms with van der Waals surface area (Å²) in [5.74, 6) is 0.330. The van der Waals surface area contributed by atoms with Crippen molar-refractivity contribution in [3.8, 4) is 5.75 Å². The summed E-state index contributed by atoms with van der Waals surface area (Å²) in [6.07, 6.45) is 4.93. The van der Waals surface area contributed by atoms with Crippen molar-refractivity contribution in [3.63, 3.8) is 0 Å². The molecule has 1 aromatic carbocycles. The van der Waals surface area contributed by atoms with Gasteiger partial charge in [0.25, 0.3) is 5.91 Å². The van der Waals surface area contributed by atoms with Crippen LogP contribution in [0, 0.1) is 0 Å². The molecule has 1 saturated carbocycles. The third-order valence-corrected chi connectivity index (χ3v) is 7.07. The standard InChI is InChI=1S/C21H33N3O5S/c1-17(21(25)23-18-5-3-2-4-6-18)29-19-7-9-20(10-8-19)30(26,27)22-11-12-24-13-15-28-16-14-24/h7-10,17-18,22H,2-6,11-16H2,1H3,(H,23,25). The molecule has 0 aromatic heterocycles. The Balaban J connectivity index is 1.46. The SMILES string of the molecule is CC(Oc1ccc(S(=O)(=O)NCCN2CCOCC2)cc1)C(=O)NC1CCCCC1. The zero-order chi connectivity index (χ0) is 21.4. The normalized spacial score (nSPS) is 19.9. The first-order valence-electron chi connectivity index (χ1n) is 10.8. The summed E-state index contributed by atoms with van der Waals surface area (Å²) in [6.45, 7) is 5.71. The number of morpholine rings is 1.